The monoisotopic (exact) mass is 297 g/mol. The molecule has 0 aliphatic carbocycles. The molecule has 2 aromatic heterocycles. The smallest absolute Gasteiger partial charge is 0.127 e. The summed E-state index contributed by atoms with van der Waals surface area (Å²) < 4.78 is 1.16. The van der Waals surface area contributed by atoms with Gasteiger partial charge in [-0.25, -0.2) is 4.98 Å². The lowest BCUT2D eigenvalue weighted by atomic mass is 10.3. The van der Waals surface area contributed by atoms with Crippen molar-refractivity contribution in [2.24, 2.45) is 0 Å². The van der Waals surface area contributed by atoms with Crippen LogP contribution in [0, 0.1) is 0 Å². The normalized spacial score (nSPS) is 10.1. The van der Waals surface area contributed by atoms with Crippen molar-refractivity contribution in [2.75, 3.05) is 17.7 Å². The quantitative estimate of drug-likeness (QED) is 0.906. The van der Waals surface area contributed by atoms with Crippen LogP contribution in [0.2, 0.25) is 0 Å². The van der Waals surface area contributed by atoms with Gasteiger partial charge in [-0.2, -0.15) is 0 Å². The first-order valence-electron chi connectivity index (χ1n) is 4.90. The third-order valence-electron chi connectivity index (χ3n) is 2.11. The van der Waals surface area contributed by atoms with Gasteiger partial charge in [-0.15, -0.1) is 11.3 Å². The Labute approximate surface area is 107 Å². The summed E-state index contributed by atoms with van der Waals surface area (Å²) in [6, 6.07) is 8.13. The Morgan fingerprint density at radius 3 is 2.94 bits per heavy atom. The van der Waals surface area contributed by atoms with Crippen LogP contribution in [0.4, 0.5) is 11.5 Å². The number of hydrogen-bond acceptors (Lipinski definition) is 4. The molecule has 0 amide bonds. The summed E-state index contributed by atoms with van der Waals surface area (Å²) in [5.74, 6) is 0.873. The molecule has 0 bridgehead atoms. The van der Waals surface area contributed by atoms with Crippen LogP contribution in [0.25, 0.3) is 0 Å². The van der Waals surface area contributed by atoms with Crippen molar-refractivity contribution in [1.82, 2.24) is 4.98 Å². The Balaban J connectivity index is 1.99. The molecule has 16 heavy (non-hydrogen) atoms. The molecule has 3 nitrogen and oxygen atoms in total. The van der Waals surface area contributed by atoms with E-state index in [9.17, 15) is 0 Å². The van der Waals surface area contributed by atoms with Crippen LogP contribution < -0.4 is 10.6 Å². The van der Waals surface area contributed by atoms with Gasteiger partial charge in [0.15, 0.2) is 0 Å². The van der Waals surface area contributed by atoms with E-state index in [0.717, 1.165) is 21.8 Å². The van der Waals surface area contributed by atoms with E-state index < -0.39 is 0 Å². The van der Waals surface area contributed by atoms with Crippen molar-refractivity contribution >= 4 is 38.8 Å². The lowest BCUT2D eigenvalue weighted by Gasteiger charge is -2.06. The van der Waals surface area contributed by atoms with Crippen molar-refractivity contribution in [2.45, 2.75) is 6.54 Å². The summed E-state index contributed by atoms with van der Waals surface area (Å²) in [7, 11) is 1.86. The minimum Gasteiger partial charge on any atom is -0.380 e. The molecule has 0 saturated carbocycles. The zero-order valence-electron chi connectivity index (χ0n) is 8.83. The van der Waals surface area contributed by atoms with E-state index in [1.165, 1.54) is 4.88 Å². The molecule has 84 valence electrons. The minimum absolute atomic E-state index is 0.837. The standard InChI is InChI=1S/C11H12BrN3S/c1-13-11-6-8(4-5-14-11)15-7-9-2-3-10(12)16-9/h2-6H,7H2,1H3,(H2,13,14,15). The number of nitrogens with one attached hydrogen (secondary N) is 2. The molecule has 2 rings (SSSR count). The van der Waals surface area contributed by atoms with Gasteiger partial charge in [0.25, 0.3) is 0 Å². The highest BCUT2D eigenvalue weighted by Gasteiger charge is 1.98. The predicted octanol–water partition coefficient (Wildman–Crippen LogP) is 3.56. The van der Waals surface area contributed by atoms with Crippen LogP contribution in [0.5, 0.6) is 0 Å². The highest BCUT2D eigenvalue weighted by molar-refractivity contribution is 9.11. The zero-order valence-corrected chi connectivity index (χ0v) is 11.2. The molecule has 2 N–H and O–H groups in total. The first kappa shape index (κ1) is 11.4. The second kappa shape index (κ2) is 5.32. The molecule has 0 fully saturated rings. The Morgan fingerprint density at radius 1 is 1.38 bits per heavy atom. The van der Waals surface area contributed by atoms with Gasteiger partial charge in [0, 0.05) is 36.4 Å². The molecular weight excluding hydrogens is 286 g/mol. The Kier molecular flexibility index (Phi) is 3.79. The minimum atomic E-state index is 0.837. The molecule has 0 aromatic carbocycles. The van der Waals surface area contributed by atoms with Gasteiger partial charge < -0.3 is 10.6 Å². The van der Waals surface area contributed by atoms with Crippen LogP contribution >= 0.6 is 27.3 Å². The number of pyridine rings is 1. The van der Waals surface area contributed by atoms with Gasteiger partial charge in [0.2, 0.25) is 0 Å². The highest BCUT2D eigenvalue weighted by Crippen LogP contribution is 2.23. The van der Waals surface area contributed by atoms with E-state index in [0.29, 0.717) is 0 Å². The lowest BCUT2D eigenvalue weighted by molar-refractivity contribution is 1.18. The van der Waals surface area contributed by atoms with Crippen molar-refractivity contribution in [3.63, 3.8) is 0 Å². The average Bonchev–Trinajstić information content (AvgIpc) is 2.73. The fraction of sp³-hybridized carbons (Fsp3) is 0.182. The third kappa shape index (κ3) is 2.96. The summed E-state index contributed by atoms with van der Waals surface area (Å²) >= 11 is 5.19. The van der Waals surface area contributed by atoms with Crippen molar-refractivity contribution in [3.8, 4) is 0 Å². The maximum absolute atomic E-state index is 4.16. The van der Waals surface area contributed by atoms with Crippen molar-refractivity contribution < 1.29 is 0 Å². The Hall–Kier alpha value is -1.07. The van der Waals surface area contributed by atoms with Crippen LogP contribution in [0.3, 0.4) is 0 Å². The largest absolute Gasteiger partial charge is 0.380 e. The van der Waals surface area contributed by atoms with Crippen LogP contribution in [-0.2, 0) is 6.54 Å². The Bertz CT molecular complexity index is 470. The predicted molar refractivity (Wildman–Crippen MR) is 73.1 cm³/mol. The lowest BCUT2D eigenvalue weighted by Crippen LogP contribution is -1.99. The molecule has 0 spiro atoms. The second-order valence-electron chi connectivity index (χ2n) is 3.24. The first-order chi connectivity index (χ1) is 7.78. The van der Waals surface area contributed by atoms with E-state index in [1.807, 2.05) is 19.2 Å². The van der Waals surface area contributed by atoms with Crippen LogP contribution in [-0.4, -0.2) is 12.0 Å². The van der Waals surface area contributed by atoms with E-state index in [2.05, 4.69) is 43.7 Å². The van der Waals surface area contributed by atoms with Crippen molar-refractivity contribution in [3.05, 3.63) is 39.1 Å². The fourth-order valence-corrected chi connectivity index (χ4v) is 2.74. The topological polar surface area (TPSA) is 37.0 Å². The van der Waals surface area contributed by atoms with Crippen molar-refractivity contribution in [1.29, 1.82) is 0 Å². The number of nitrogens with zero attached hydrogens (tertiary/aromatic N) is 1. The molecule has 5 heteroatoms. The molecule has 0 aliphatic rings. The number of thiophene rings is 1. The number of aromatic nitrogens is 1. The van der Waals surface area contributed by atoms with Crippen LogP contribution in [0.1, 0.15) is 4.88 Å². The van der Waals surface area contributed by atoms with Gasteiger partial charge in [-0.05, 0) is 34.1 Å². The van der Waals surface area contributed by atoms with Gasteiger partial charge >= 0.3 is 0 Å². The van der Waals surface area contributed by atoms with E-state index in [4.69, 9.17) is 0 Å². The van der Waals surface area contributed by atoms with E-state index in [-0.39, 0.29) is 0 Å². The maximum Gasteiger partial charge on any atom is 0.127 e. The molecule has 2 aromatic rings. The molecule has 0 aliphatic heterocycles. The molecular formula is C11H12BrN3S. The fourth-order valence-electron chi connectivity index (χ4n) is 1.31. The number of rotatable bonds is 4. The first-order valence-corrected chi connectivity index (χ1v) is 6.51. The van der Waals surface area contributed by atoms with Gasteiger partial charge in [-0.3, -0.25) is 0 Å². The maximum atomic E-state index is 4.16. The summed E-state index contributed by atoms with van der Waals surface area (Å²) in [4.78, 5) is 5.46. The average molecular weight is 298 g/mol. The second-order valence-corrected chi connectivity index (χ2v) is 5.79. The van der Waals surface area contributed by atoms with Gasteiger partial charge in [0.1, 0.15) is 5.82 Å². The number of anilines is 2. The summed E-state index contributed by atoms with van der Waals surface area (Å²) in [6.45, 7) is 0.837. The zero-order chi connectivity index (χ0) is 11.4. The highest BCUT2D eigenvalue weighted by atomic mass is 79.9. The van der Waals surface area contributed by atoms with E-state index >= 15 is 0 Å². The van der Waals surface area contributed by atoms with Gasteiger partial charge in [-0.1, -0.05) is 0 Å². The number of hydrogen-bond donors (Lipinski definition) is 2. The Morgan fingerprint density at radius 2 is 2.25 bits per heavy atom. The molecule has 0 unspecified atom stereocenters. The summed E-state index contributed by atoms with van der Waals surface area (Å²) in [5.41, 5.74) is 1.07. The third-order valence-corrected chi connectivity index (χ3v) is 3.74. The molecule has 0 radical (unpaired) electrons. The van der Waals surface area contributed by atoms with Crippen LogP contribution in [0.15, 0.2) is 34.2 Å². The summed E-state index contributed by atoms with van der Waals surface area (Å²) in [5, 5.41) is 6.37. The summed E-state index contributed by atoms with van der Waals surface area (Å²) in [6.07, 6.45) is 1.79. The van der Waals surface area contributed by atoms with Gasteiger partial charge in [0.05, 0.1) is 3.79 Å². The molecule has 0 saturated heterocycles. The number of halogens is 1. The van der Waals surface area contributed by atoms with E-state index in [1.54, 1.807) is 17.5 Å². The molecule has 0 atom stereocenters. The SMILES string of the molecule is CNc1cc(NCc2ccc(Br)s2)ccn1. The molecule has 2 heterocycles.